The Labute approximate surface area is 110 Å². The summed E-state index contributed by atoms with van der Waals surface area (Å²) in [4.78, 5) is 3.15. The third-order valence-corrected chi connectivity index (χ3v) is 3.91. The fourth-order valence-corrected chi connectivity index (χ4v) is 2.68. The molecule has 0 aromatic heterocycles. The minimum Gasteiger partial charge on any atom is -0.393 e. The normalized spacial score (nSPS) is 27.6. The Balaban J connectivity index is 1.79. The number of ether oxygens (including phenoxy) is 1. The fourth-order valence-electron chi connectivity index (χ4n) is 2.58. The number of rotatable bonds is 6. The van der Waals surface area contributed by atoms with E-state index >= 15 is 0 Å². The molecule has 2 N–H and O–H groups in total. The smallest absolute Gasteiger partial charge is 0.0740 e. The van der Waals surface area contributed by atoms with Crippen molar-refractivity contribution in [2.24, 2.45) is 5.73 Å². The molecule has 3 nitrogen and oxygen atoms in total. The summed E-state index contributed by atoms with van der Waals surface area (Å²) in [6.45, 7) is 6.42. The van der Waals surface area contributed by atoms with Gasteiger partial charge in [-0.25, -0.2) is 0 Å². The molecule has 0 bridgehead atoms. The summed E-state index contributed by atoms with van der Waals surface area (Å²) < 4.78 is 6.06. The molecule has 1 atom stereocenters. The van der Waals surface area contributed by atoms with Crippen molar-refractivity contribution in [3.05, 3.63) is 0 Å². The summed E-state index contributed by atoms with van der Waals surface area (Å²) >= 11 is 4.96. The van der Waals surface area contributed by atoms with Crippen LogP contribution >= 0.6 is 12.2 Å². The summed E-state index contributed by atoms with van der Waals surface area (Å²) in [5.74, 6) is 0. The lowest BCUT2D eigenvalue weighted by Gasteiger charge is -2.26. The lowest BCUT2D eigenvalue weighted by Crippen LogP contribution is -2.37. The van der Waals surface area contributed by atoms with E-state index in [0.717, 1.165) is 25.6 Å². The first-order valence-electron chi connectivity index (χ1n) is 6.66. The maximum Gasteiger partial charge on any atom is 0.0740 e. The highest BCUT2D eigenvalue weighted by molar-refractivity contribution is 7.80. The van der Waals surface area contributed by atoms with Gasteiger partial charge < -0.3 is 10.5 Å². The summed E-state index contributed by atoms with van der Waals surface area (Å²) in [5.41, 5.74) is 5.66. The largest absolute Gasteiger partial charge is 0.393 e. The maximum absolute atomic E-state index is 6.06. The molecule has 1 heterocycles. The SMILES string of the molecule is CC1(C)CCC(CN(CCC(N)=S)C2CC2)O1. The van der Waals surface area contributed by atoms with Crippen LogP contribution in [0.5, 0.6) is 0 Å². The second-order valence-electron chi connectivity index (χ2n) is 5.98. The second-order valence-corrected chi connectivity index (χ2v) is 6.51. The van der Waals surface area contributed by atoms with E-state index in [1.165, 1.54) is 25.7 Å². The predicted molar refractivity (Wildman–Crippen MR) is 74.2 cm³/mol. The van der Waals surface area contributed by atoms with Crippen molar-refractivity contribution in [3.8, 4) is 0 Å². The molecule has 1 aliphatic carbocycles. The van der Waals surface area contributed by atoms with Crippen LogP contribution in [-0.4, -0.2) is 40.7 Å². The number of nitrogens with zero attached hydrogens (tertiary/aromatic N) is 1. The number of hydrogen-bond donors (Lipinski definition) is 1. The van der Waals surface area contributed by atoms with Crippen LogP contribution in [0.3, 0.4) is 0 Å². The monoisotopic (exact) mass is 256 g/mol. The van der Waals surface area contributed by atoms with Crippen LogP contribution in [0, 0.1) is 0 Å². The van der Waals surface area contributed by atoms with E-state index in [4.69, 9.17) is 22.7 Å². The predicted octanol–water partition coefficient (Wildman–Crippen LogP) is 2.08. The molecule has 1 saturated carbocycles. The summed E-state index contributed by atoms with van der Waals surface area (Å²) in [7, 11) is 0. The van der Waals surface area contributed by atoms with Gasteiger partial charge in [0.05, 0.1) is 16.7 Å². The molecule has 0 spiro atoms. The van der Waals surface area contributed by atoms with Gasteiger partial charge in [-0.05, 0) is 39.5 Å². The molecule has 0 radical (unpaired) electrons. The van der Waals surface area contributed by atoms with Crippen molar-refractivity contribution in [3.63, 3.8) is 0 Å². The summed E-state index contributed by atoms with van der Waals surface area (Å²) in [5, 5.41) is 0. The quantitative estimate of drug-likeness (QED) is 0.739. The van der Waals surface area contributed by atoms with Crippen LogP contribution < -0.4 is 5.73 Å². The molecule has 0 aromatic rings. The molecule has 17 heavy (non-hydrogen) atoms. The Morgan fingerprint density at radius 1 is 1.41 bits per heavy atom. The van der Waals surface area contributed by atoms with E-state index in [-0.39, 0.29) is 5.60 Å². The Morgan fingerprint density at radius 2 is 2.12 bits per heavy atom. The zero-order valence-corrected chi connectivity index (χ0v) is 11.8. The first-order chi connectivity index (χ1) is 7.96. The lowest BCUT2D eigenvalue weighted by molar-refractivity contribution is -0.0293. The van der Waals surface area contributed by atoms with Crippen LogP contribution in [0.4, 0.5) is 0 Å². The zero-order valence-electron chi connectivity index (χ0n) is 10.9. The topological polar surface area (TPSA) is 38.5 Å². The minimum absolute atomic E-state index is 0.0725. The molecular formula is C13H24N2OS. The average molecular weight is 256 g/mol. The molecule has 1 aliphatic heterocycles. The van der Waals surface area contributed by atoms with Crippen molar-refractivity contribution in [2.75, 3.05) is 13.1 Å². The third kappa shape index (κ3) is 4.19. The number of thiocarbonyl (C=S) groups is 1. The van der Waals surface area contributed by atoms with Gasteiger partial charge in [0.25, 0.3) is 0 Å². The van der Waals surface area contributed by atoms with Crippen molar-refractivity contribution in [2.45, 2.75) is 63.7 Å². The molecule has 98 valence electrons. The van der Waals surface area contributed by atoms with E-state index < -0.39 is 0 Å². The van der Waals surface area contributed by atoms with Gasteiger partial charge in [0.1, 0.15) is 0 Å². The van der Waals surface area contributed by atoms with Crippen LogP contribution in [0.1, 0.15) is 46.0 Å². The average Bonchev–Trinajstić information content (AvgIpc) is 2.99. The van der Waals surface area contributed by atoms with Gasteiger partial charge in [-0.2, -0.15) is 0 Å². The van der Waals surface area contributed by atoms with Crippen LogP contribution in [0.25, 0.3) is 0 Å². The molecule has 1 unspecified atom stereocenters. The Morgan fingerprint density at radius 3 is 2.59 bits per heavy atom. The van der Waals surface area contributed by atoms with Crippen molar-refractivity contribution in [1.82, 2.24) is 4.90 Å². The van der Waals surface area contributed by atoms with Crippen LogP contribution in [0.2, 0.25) is 0 Å². The highest BCUT2D eigenvalue weighted by atomic mass is 32.1. The Bertz CT molecular complexity index is 289. The van der Waals surface area contributed by atoms with Crippen molar-refractivity contribution >= 4 is 17.2 Å². The molecule has 2 fully saturated rings. The van der Waals surface area contributed by atoms with Gasteiger partial charge >= 0.3 is 0 Å². The summed E-state index contributed by atoms with van der Waals surface area (Å²) in [6, 6.07) is 0.761. The fraction of sp³-hybridized carbons (Fsp3) is 0.923. The molecule has 2 aliphatic rings. The second kappa shape index (κ2) is 5.21. The molecule has 1 saturated heterocycles. The third-order valence-electron chi connectivity index (χ3n) is 3.70. The van der Waals surface area contributed by atoms with E-state index in [0.29, 0.717) is 11.1 Å². The Kier molecular flexibility index (Phi) is 4.06. The maximum atomic E-state index is 6.06. The molecule has 0 amide bonds. The van der Waals surface area contributed by atoms with E-state index in [2.05, 4.69) is 18.7 Å². The van der Waals surface area contributed by atoms with Gasteiger partial charge in [0, 0.05) is 25.6 Å². The van der Waals surface area contributed by atoms with E-state index in [1.54, 1.807) is 0 Å². The number of hydrogen-bond acceptors (Lipinski definition) is 3. The summed E-state index contributed by atoms with van der Waals surface area (Å²) in [6.07, 6.45) is 6.24. The van der Waals surface area contributed by atoms with Gasteiger partial charge in [-0.15, -0.1) is 0 Å². The molecule has 4 heteroatoms. The highest BCUT2D eigenvalue weighted by Crippen LogP contribution is 2.33. The minimum atomic E-state index is 0.0725. The van der Waals surface area contributed by atoms with Crippen LogP contribution in [0.15, 0.2) is 0 Å². The highest BCUT2D eigenvalue weighted by Gasteiger charge is 2.36. The van der Waals surface area contributed by atoms with Gasteiger partial charge in [-0.1, -0.05) is 12.2 Å². The van der Waals surface area contributed by atoms with E-state index in [1.807, 2.05) is 0 Å². The van der Waals surface area contributed by atoms with Crippen LogP contribution in [-0.2, 0) is 4.74 Å². The van der Waals surface area contributed by atoms with Crippen molar-refractivity contribution < 1.29 is 4.74 Å². The van der Waals surface area contributed by atoms with Crippen molar-refractivity contribution in [1.29, 1.82) is 0 Å². The first-order valence-corrected chi connectivity index (χ1v) is 7.07. The van der Waals surface area contributed by atoms with Gasteiger partial charge in [-0.3, -0.25) is 4.90 Å². The van der Waals surface area contributed by atoms with Gasteiger partial charge in [0.2, 0.25) is 0 Å². The molecule has 2 rings (SSSR count). The first kappa shape index (κ1) is 13.2. The lowest BCUT2D eigenvalue weighted by atomic mass is 10.1. The Hall–Kier alpha value is -0.190. The molecule has 0 aromatic carbocycles. The number of nitrogens with two attached hydrogens (primary N) is 1. The zero-order chi connectivity index (χ0) is 12.5. The standard InChI is InChI=1S/C13H24N2OS/c1-13(2)7-5-11(16-13)9-15(10-3-4-10)8-6-12(14)17/h10-11H,3-9H2,1-2H3,(H2,14,17). The van der Waals surface area contributed by atoms with E-state index in [9.17, 15) is 0 Å². The molecular weight excluding hydrogens is 232 g/mol. The van der Waals surface area contributed by atoms with Gasteiger partial charge in [0.15, 0.2) is 0 Å².